The van der Waals surface area contributed by atoms with Crippen LogP contribution in [0.4, 0.5) is 5.69 Å². The molecule has 1 aromatic rings. The molecule has 1 saturated heterocycles. The van der Waals surface area contributed by atoms with Crippen LogP contribution in [-0.2, 0) is 9.59 Å². The molecule has 0 bridgehead atoms. The molecule has 6 nitrogen and oxygen atoms in total. The Labute approximate surface area is 134 Å². The summed E-state index contributed by atoms with van der Waals surface area (Å²) in [5.74, 6) is -1.27. The van der Waals surface area contributed by atoms with Crippen molar-refractivity contribution in [2.45, 2.75) is 12.5 Å². The minimum atomic E-state index is -0.962. The molecule has 7 heteroatoms. The van der Waals surface area contributed by atoms with E-state index in [0.29, 0.717) is 23.8 Å². The van der Waals surface area contributed by atoms with Gasteiger partial charge in [-0.05, 0) is 31.3 Å². The third-order valence-corrected chi connectivity index (χ3v) is 4.02. The van der Waals surface area contributed by atoms with Crippen molar-refractivity contribution in [2.75, 3.05) is 38.5 Å². The Kier molecular flexibility index (Phi) is 5.76. The topological polar surface area (TPSA) is 72.9 Å². The fraction of sp³-hybridized carbons (Fsp3) is 0.467. The number of carbonyl (C=O) groups excluding carboxylic acids is 1. The summed E-state index contributed by atoms with van der Waals surface area (Å²) in [6, 6.07) is 5.93. The maximum absolute atomic E-state index is 12.1. The molecule has 0 spiro atoms. The standard InChI is InChI=1S/C15H20ClN3O3/c1-18-6-8-19(9-7-18)13(15(21)22)10-14(20)17-12-4-2-11(16)3-5-12/h2-5,13H,6-10H2,1H3,(H,17,20)(H,21,22)/t13-/m1/s1. The summed E-state index contributed by atoms with van der Waals surface area (Å²) >= 11 is 5.79. The molecule has 22 heavy (non-hydrogen) atoms. The first-order valence-electron chi connectivity index (χ1n) is 7.16. The molecule has 2 N–H and O–H groups in total. The second-order valence-corrected chi connectivity index (χ2v) is 5.89. The van der Waals surface area contributed by atoms with Crippen LogP contribution in [0, 0.1) is 0 Å². The molecule has 1 fully saturated rings. The molecule has 0 saturated carbocycles. The summed E-state index contributed by atoms with van der Waals surface area (Å²) in [6.45, 7) is 2.93. The number of carboxylic acid groups (broad SMARTS) is 1. The van der Waals surface area contributed by atoms with Gasteiger partial charge in [0.05, 0.1) is 6.42 Å². The van der Waals surface area contributed by atoms with E-state index in [1.54, 1.807) is 24.3 Å². The molecule has 1 atom stereocenters. The normalized spacial score (nSPS) is 17.9. The van der Waals surface area contributed by atoms with Crippen LogP contribution in [0.5, 0.6) is 0 Å². The number of nitrogens with zero attached hydrogens (tertiary/aromatic N) is 2. The summed E-state index contributed by atoms with van der Waals surface area (Å²) in [5.41, 5.74) is 0.608. The van der Waals surface area contributed by atoms with E-state index >= 15 is 0 Å². The Balaban J connectivity index is 1.94. The molecular formula is C15H20ClN3O3. The molecule has 2 rings (SSSR count). The van der Waals surface area contributed by atoms with E-state index < -0.39 is 12.0 Å². The van der Waals surface area contributed by atoms with E-state index in [1.165, 1.54) is 0 Å². The molecule has 1 aliphatic rings. The number of rotatable bonds is 5. The van der Waals surface area contributed by atoms with E-state index in [1.807, 2.05) is 11.9 Å². The SMILES string of the molecule is CN1CCN([C@H](CC(=O)Nc2ccc(Cl)cc2)C(=O)O)CC1. The van der Waals surface area contributed by atoms with Gasteiger partial charge in [0.2, 0.25) is 5.91 Å². The van der Waals surface area contributed by atoms with Crippen LogP contribution >= 0.6 is 11.6 Å². The highest BCUT2D eigenvalue weighted by Gasteiger charge is 2.30. The Morgan fingerprint density at radius 3 is 2.36 bits per heavy atom. The highest BCUT2D eigenvalue weighted by Crippen LogP contribution is 2.15. The van der Waals surface area contributed by atoms with Crippen LogP contribution in [0.25, 0.3) is 0 Å². The van der Waals surface area contributed by atoms with Crippen LogP contribution in [0.2, 0.25) is 5.02 Å². The van der Waals surface area contributed by atoms with Gasteiger partial charge in [-0.1, -0.05) is 11.6 Å². The average Bonchev–Trinajstić information content (AvgIpc) is 2.48. The van der Waals surface area contributed by atoms with Crippen molar-refractivity contribution in [1.82, 2.24) is 9.80 Å². The van der Waals surface area contributed by atoms with Crippen molar-refractivity contribution in [1.29, 1.82) is 0 Å². The lowest BCUT2D eigenvalue weighted by atomic mass is 10.1. The number of amides is 1. The minimum absolute atomic E-state index is 0.0678. The lowest BCUT2D eigenvalue weighted by Crippen LogP contribution is -2.52. The number of piperazine rings is 1. The number of hydrogen-bond acceptors (Lipinski definition) is 4. The Bertz CT molecular complexity index is 527. The fourth-order valence-corrected chi connectivity index (χ4v) is 2.55. The summed E-state index contributed by atoms with van der Waals surface area (Å²) in [7, 11) is 2.00. The van der Waals surface area contributed by atoms with Gasteiger partial charge in [0.1, 0.15) is 6.04 Å². The largest absolute Gasteiger partial charge is 0.480 e. The van der Waals surface area contributed by atoms with Gasteiger partial charge < -0.3 is 15.3 Å². The van der Waals surface area contributed by atoms with Gasteiger partial charge in [0.25, 0.3) is 0 Å². The zero-order valence-electron chi connectivity index (χ0n) is 12.5. The smallest absolute Gasteiger partial charge is 0.321 e. The lowest BCUT2D eigenvalue weighted by molar-refractivity contribution is -0.145. The molecular weight excluding hydrogens is 306 g/mol. The number of aliphatic carboxylic acids is 1. The van der Waals surface area contributed by atoms with Crippen molar-refractivity contribution in [3.05, 3.63) is 29.3 Å². The minimum Gasteiger partial charge on any atom is -0.480 e. The highest BCUT2D eigenvalue weighted by molar-refractivity contribution is 6.30. The fourth-order valence-electron chi connectivity index (χ4n) is 2.43. The third-order valence-electron chi connectivity index (χ3n) is 3.77. The molecule has 0 radical (unpaired) electrons. The number of carboxylic acids is 1. The first-order chi connectivity index (χ1) is 10.5. The van der Waals surface area contributed by atoms with Crippen molar-refractivity contribution in [3.63, 3.8) is 0 Å². The number of likely N-dealkylation sites (N-methyl/N-ethyl adjacent to an activating group) is 1. The van der Waals surface area contributed by atoms with Gasteiger partial charge in [0, 0.05) is 36.9 Å². The molecule has 120 valence electrons. The molecule has 1 amide bonds. The average molecular weight is 326 g/mol. The van der Waals surface area contributed by atoms with Crippen LogP contribution < -0.4 is 5.32 Å². The number of halogens is 1. The predicted octanol–water partition coefficient (Wildman–Crippen LogP) is 1.37. The zero-order valence-corrected chi connectivity index (χ0v) is 13.2. The second kappa shape index (κ2) is 7.58. The van der Waals surface area contributed by atoms with Crippen molar-refractivity contribution in [3.8, 4) is 0 Å². The first-order valence-corrected chi connectivity index (χ1v) is 7.54. The molecule has 0 unspecified atom stereocenters. The lowest BCUT2D eigenvalue weighted by Gasteiger charge is -2.35. The molecule has 1 aliphatic heterocycles. The van der Waals surface area contributed by atoms with Crippen LogP contribution in [-0.4, -0.2) is 66.1 Å². The highest BCUT2D eigenvalue weighted by atomic mass is 35.5. The van der Waals surface area contributed by atoms with Crippen molar-refractivity contribution in [2.24, 2.45) is 0 Å². The van der Waals surface area contributed by atoms with Gasteiger partial charge in [-0.3, -0.25) is 14.5 Å². The summed E-state index contributed by atoms with van der Waals surface area (Å²) in [5, 5.41) is 12.7. The first kappa shape index (κ1) is 16.7. The monoisotopic (exact) mass is 325 g/mol. The maximum atomic E-state index is 12.1. The number of nitrogens with one attached hydrogen (secondary N) is 1. The van der Waals surface area contributed by atoms with Crippen molar-refractivity contribution < 1.29 is 14.7 Å². The molecule has 1 aromatic carbocycles. The van der Waals surface area contributed by atoms with Crippen LogP contribution in [0.1, 0.15) is 6.42 Å². The van der Waals surface area contributed by atoms with E-state index in [2.05, 4.69) is 10.2 Å². The molecule has 0 aromatic heterocycles. The number of hydrogen-bond donors (Lipinski definition) is 2. The van der Waals surface area contributed by atoms with Gasteiger partial charge in [-0.25, -0.2) is 0 Å². The maximum Gasteiger partial charge on any atom is 0.321 e. The van der Waals surface area contributed by atoms with Gasteiger partial charge in [0.15, 0.2) is 0 Å². The van der Waals surface area contributed by atoms with E-state index in [4.69, 9.17) is 11.6 Å². The van der Waals surface area contributed by atoms with Gasteiger partial charge in [-0.2, -0.15) is 0 Å². The van der Waals surface area contributed by atoms with E-state index in [0.717, 1.165) is 13.1 Å². The zero-order chi connectivity index (χ0) is 16.1. The quantitative estimate of drug-likeness (QED) is 0.855. The summed E-state index contributed by atoms with van der Waals surface area (Å²) < 4.78 is 0. The van der Waals surface area contributed by atoms with Crippen LogP contribution in [0.3, 0.4) is 0 Å². The number of carbonyl (C=O) groups is 2. The van der Waals surface area contributed by atoms with E-state index in [9.17, 15) is 14.7 Å². The number of anilines is 1. The molecule has 1 heterocycles. The Hall–Kier alpha value is -1.63. The summed E-state index contributed by atoms with van der Waals surface area (Å²) in [6.07, 6.45) is -0.0678. The van der Waals surface area contributed by atoms with Gasteiger partial charge >= 0.3 is 5.97 Å². The number of benzene rings is 1. The van der Waals surface area contributed by atoms with E-state index in [-0.39, 0.29) is 12.3 Å². The van der Waals surface area contributed by atoms with Crippen molar-refractivity contribution >= 4 is 29.2 Å². The predicted molar refractivity (Wildman–Crippen MR) is 85.2 cm³/mol. The molecule has 0 aliphatic carbocycles. The third kappa shape index (κ3) is 4.69. The second-order valence-electron chi connectivity index (χ2n) is 5.45. The Morgan fingerprint density at radius 2 is 1.82 bits per heavy atom. The van der Waals surface area contributed by atoms with Crippen LogP contribution in [0.15, 0.2) is 24.3 Å². The summed E-state index contributed by atoms with van der Waals surface area (Å²) in [4.78, 5) is 27.5. The van der Waals surface area contributed by atoms with Gasteiger partial charge in [-0.15, -0.1) is 0 Å². The Morgan fingerprint density at radius 1 is 1.23 bits per heavy atom.